The molecular formula is C53H32N2O2. The van der Waals surface area contributed by atoms with Crippen molar-refractivity contribution in [3.05, 3.63) is 194 Å². The highest BCUT2D eigenvalue weighted by Gasteiger charge is 2.17. The first-order chi connectivity index (χ1) is 28.2. The van der Waals surface area contributed by atoms with Crippen molar-refractivity contribution < 1.29 is 8.83 Å². The number of fused-ring (bicyclic) bond motifs is 8. The summed E-state index contributed by atoms with van der Waals surface area (Å²) in [5, 5.41) is 6.69. The summed E-state index contributed by atoms with van der Waals surface area (Å²) in [6, 6.07) is 68.7. The second kappa shape index (κ2) is 12.4. The largest absolute Gasteiger partial charge is 0.456 e. The van der Waals surface area contributed by atoms with Crippen molar-refractivity contribution in [2.45, 2.75) is 0 Å². The smallest absolute Gasteiger partial charge is 0.145 e. The van der Waals surface area contributed by atoms with E-state index in [4.69, 9.17) is 13.8 Å². The number of furan rings is 2. The van der Waals surface area contributed by atoms with E-state index in [2.05, 4.69) is 174 Å². The van der Waals surface area contributed by atoms with Gasteiger partial charge in [-0.2, -0.15) is 0 Å². The molecule has 4 nitrogen and oxygen atoms in total. The molecule has 3 heterocycles. The van der Waals surface area contributed by atoms with Gasteiger partial charge in [0.05, 0.1) is 11.0 Å². The van der Waals surface area contributed by atoms with Crippen molar-refractivity contribution in [2.75, 3.05) is 0 Å². The Morgan fingerprint density at radius 1 is 0.333 bits per heavy atom. The van der Waals surface area contributed by atoms with Crippen LogP contribution < -0.4 is 0 Å². The van der Waals surface area contributed by atoms with Gasteiger partial charge in [-0.15, -0.1) is 0 Å². The average Bonchev–Trinajstić information content (AvgIpc) is 3.96. The summed E-state index contributed by atoms with van der Waals surface area (Å²) < 4.78 is 14.9. The first-order valence-corrected chi connectivity index (χ1v) is 19.3. The summed E-state index contributed by atoms with van der Waals surface area (Å²) in [6.45, 7) is 0. The van der Waals surface area contributed by atoms with Gasteiger partial charge in [-0.25, -0.2) is 4.98 Å². The first kappa shape index (κ1) is 31.6. The third-order valence-electron chi connectivity index (χ3n) is 11.4. The number of hydrogen-bond acceptors (Lipinski definition) is 3. The number of nitrogens with zero attached hydrogens (tertiary/aromatic N) is 2. The predicted molar refractivity (Wildman–Crippen MR) is 235 cm³/mol. The predicted octanol–water partition coefficient (Wildman–Crippen LogP) is 14.6. The molecule has 3 aromatic heterocycles. The van der Waals surface area contributed by atoms with Crippen molar-refractivity contribution in [2.24, 2.45) is 0 Å². The third-order valence-corrected chi connectivity index (χ3v) is 11.4. The van der Waals surface area contributed by atoms with Crippen molar-refractivity contribution in [3.63, 3.8) is 0 Å². The van der Waals surface area contributed by atoms with Crippen LogP contribution in [0, 0.1) is 0 Å². The van der Waals surface area contributed by atoms with E-state index in [0.29, 0.717) is 0 Å². The normalized spacial score (nSPS) is 11.9. The molecule has 0 aliphatic rings. The van der Waals surface area contributed by atoms with E-state index in [1.54, 1.807) is 0 Å². The van der Waals surface area contributed by atoms with Crippen molar-refractivity contribution in [1.29, 1.82) is 0 Å². The minimum Gasteiger partial charge on any atom is -0.456 e. The van der Waals surface area contributed by atoms with E-state index >= 15 is 0 Å². The zero-order valence-electron chi connectivity index (χ0n) is 30.7. The molecule has 0 fully saturated rings. The van der Waals surface area contributed by atoms with Gasteiger partial charge in [-0.1, -0.05) is 127 Å². The second-order valence-electron chi connectivity index (χ2n) is 14.8. The van der Waals surface area contributed by atoms with Gasteiger partial charge >= 0.3 is 0 Å². The molecule has 4 heteroatoms. The van der Waals surface area contributed by atoms with Crippen LogP contribution in [0.2, 0.25) is 0 Å². The standard InChI is InChI=1S/C53H32N2O2/c1-2-9-33(10-3-1)34-17-19-35(20-18-34)53-54-47-14-5-6-15-48(47)55(53)42-12-8-11-36(29-42)37-21-22-39-28-40(24-23-38(39)27-37)41-25-26-50-44(30-41)46-32-51-45(31-52(46)57-50)43-13-4-7-16-49(43)56-51/h1-32H. The summed E-state index contributed by atoms with van der Waals surface area (Å²) in [6.07, 6.45) is 0. The van der Waals surface area contributed by atoms with Crippen LogP contribution >= 0.6 is 0 Å². The van der Waals surface area contributed by atoms with Crippen molar-refractivity contribution in [3.8, 4) is 50.5 Å². The van der Waals surface area contributed by atoms with E-state index in [1.165, 1.54) is 27.5 Å². The minimum atomic E-state index is 0.867. The molecule has 0 unspecified atom stereocenters. The van der Waals surface area contributed by atoms with Gasteiger partial charge in [0, 0.05) is 32.8 Å². The molecule has 266 valence electrons. The quantitative estimate of drug-likeness (QED) is 0.177. The molecule has 57 heavy (non-hydrogen) atoms. The Morgan fingerprint density at radius 2 is 0.877 bits per heavy atom. The SMILES string of the molecule is c1ccc(-c2ccc(-c3nc4ccccc4n3-c3cccc(-c4ccc5cc(-c6ccc7oc8cc9c(cc8c7c6)oc6ccccc69)ccc5c4)c3)cc2)cc1. The van der Waals surface area contributed by atoms with Crippen LogP contribution in [0.3, 0.4) is 0 Å². The van der Waals surface area contributed by atoms with E-state index < -0.39 is 0 Å². The summed E-state index contributed by atoms with van der Waals surface area (Å²) >= 11 is 0. The zero-order chi connectivity index (χ0) is 37.5. The Hall–Kier alpha value is -7.69. The number of benzene rings is 9. The van der Waals surface area contributed by atoms with Crippen LogP contribution in [0.15, 0.2) is 203 Å². The molecule has 0 aliphatic heterocycles. The Bertz CT molecular complexity index is 3510. The number of imidazole rings is 1. The molecule has 0 amide bonds. The number of hydrogen-bond donors (Lipinski definition) is 0. The van der Waals surface area contributed by atoms with Crippen LogP contribution in [0.1, 0.15) is 0 Å². The molecule has 12 rings (SSSR count). The van der Waals surface area contributed by atoms with Gasteiger partial charge in [-0.05, 0) is 111 Å². The zero-order valence-corrected chi connectivity index (χ0v) is 30.7. The van der Waals surface area contributed by atoms with Crippen LogP contribution in [-0.4, -0.2) is 9.55 Å². The highest BCUT2D eigenvalue weighted by molar-refractivity contribution is 6.15. The van der Waals surface area contributed by atoms with E-state index in [0.717, 1.165) is 88.7 Å². The maximum absolute atomic E-state index is 6.35. The summed E-state index contributed by atoms with van der Waals surface area (Å²) in [4.78, 5) is 5.14. The van der Waals surface area contributed by atoms with Gasteiger partial charge in [0.2, 0.25) is 0 Å². The van der Waals surface area contributed by atoms with Gasteiger partial charge in [0.15, 0.2) is 0 Å². The van der Waals surface area contributed by atoms with Crippen LogP contribution in [0.5, 0.6) is 0 Å². The molecular weight excluding hydrogens is 697 g/mol. The van der Waals surface area contributed by atoms with E-state index in [-0.39, 0.29) is 0 Å². The van der Waals surface area contributed by atoms with Gasteiger partial charge < -0.3 is 8.83 Å². The molecule has 0 aliphatic carbocycles. The lowest BCUT2D eigenvalue weighted by Crippen LogP contribution is -1.98. The molecule has 0 spiro atoms. The maximum atomic E-state index is 6.35. The summed E-state index contributed by atoms with van der Waals surface area (Å²) in [7, 11) is 0. The first-order valence-electron chi connectivity index (χ1n) is 19.3. The minimum absolute atomic E-state index is 0.867. The van der Waals surface area contributed by atoms with Crippen molar-refractivity contribution in [1.82, 2.24) is 9.55 Å². The maximum Gasteiger partial charge on any atom is 0.145 e. The summed E-state index contributed by atoms with van der Waals surface area (Å²) in [5.74, 6) is 0.920. The third kappa shape index (κ3) is 5.19. The highest BCUT2D eigenvalue weighted by Crippen LogP contribution is 2.39. The fraction of sp³-hybridized carbons (Fsp3) is 0. The molecule has 9 aromatic carbocycles. The lowest BCUT2D eigenvalue weighted by Gasteiger charge is -2.13. The Balaban J connectivity index is 0.892. The van der Waals surface area contributed by atoms with Crippen LogP contribution in [-0.2, 0) is 0 Å². The molecule has 0 N–H and O–H groups in total. The monoisotopic (exact) mass is 728 g/mol. The lowest BCUT2D eigenvalue weighted by molar-refractivity contribution is 0.664. The number of aromatic nitrogens is 2. The molecule has 0 radical (unpaired) electrons. The van der Waals surface area contributed by atoms with Crippen LogP contribution in [0.4, 0.5) is 0 Å². The molecule has 0 atom stereocenters. The fourth-order valence-electron chi connectivity index (χ4n) is 8.53. The lowest BCUT2D eigenvalue weighted by atomic mass is 9.96. The number of para-hydroxylation sites is 3. The Labute approximate surface area is 327 Å². The van der Waals surface area contributed by atoms with E-state index in [1.807, 2.05) is 24.3 Å². The van der Waals surface area contributed by atoms with Gasteiger partial charge in [0.1, 0.15) is 28.2 Å². The highest BCUT2D eigenvalue weighted by atomic mass is 16.3. The molecule has 12 aromatic rings. The van der Waals surface area contributed by atoms with Crippen LogP contribution in [0.25, 0.3) is 116 Å². The molecule has 0 saturated carbocycles. The second-order valence-corrected chi connectivity index (χ2v) is 14.8. The fourth-order valence-corrected chi connectivity index (χ4v) is 8.53. The molecule has 0 bridgehead atoms. The molecule has 0 saturated heterocycles. The summed E-state index contributed by atoms with van der Waals surface area (Å²) in [5.41, 5.74) is 14.7. The van der Waals surface area contributed by atoms with Crippen molar-refractivity contribution >= 4 is 65.7 Å². The van der Waals surface area contributed by atoms with E-state index in [9.17, 15) is 0 Å². The Kier molecular flexibility index (Phi) is 6.89. The number of rotatable bonds is 5. The average molecular weight is 729 g/mol. The topological polar surface area (TPSA) is 44.1 Å². The Morgan fingerprint density at radius 3 is 1.67 bits per heavy atom. The van der Waals surface area contributed by atoms with Gasteiger partial charge in [-0.3, -0.25) is 4.57 Å². The van der Waals surface area contributed by atoms with Gasteiger partial charge in [0.25, 0.3) is 0 Å².